The second-order valence-electron chi connectivity index (χ2n) is 5.05. The minimum atomic E-state index is -0.0871. The Bertz CT molecular complexity index is 424. The zero-order valence-corrected chi connectivity index (χ0v) is 11.9. The molecule has 1 aromatic rings. The fourth-order valence-electron chi connectivity index (χ4n) is 2.12. The number of Topliss-reactive ketones (excluding diaryl/α,β-unsaturated/α-hetero) is 1. The molecule has 0 spiro atoms. The minimum absolute atomic E-state index is 0.0219. The van der Waals surface area contributed by atoms with Gasteiger partial charge in [0.15, 0.2) is 5.78 Å². The summed E-state index contributed by atoms with van der Waals surface area (Å²) in [5, 5.41) is 19.3. The molecule has 0 atom stereocenters. The first-order valence-electron chi connectivity index (χ1n) is 7.12. The molecule has 0 heterocycles. The maximum absolute atomic E-state index is 12.0. The first-order valence-corrected chi connectivity index (χ1v) is 7.12. The van der Waals surface area contributed by atoms with Gasteiger partial charge >= 0.3 is 0 Å². The highest BCUT2D eigenvalue weighted by Crippen LogP contribution is 2.30. The molecule has 0 saturated carbocycles. The van der Waals surface area contributed by atoms with Gasteiger partial charge in [0.25, 0.3) is 0 Å². The quantitative estimate of drug-likeness (QED) is 0.542. The molecule has 0 aromatic heterocycles. The molecule has 0 aliphatic rings. The molecule has 19 heavy (non-hydrogen) atoms. The minimum Gasteiger partial charge on any atom is -0.508 e. The van der Waals surface area contributed by atoms with E-state index in [9.17, 15) is 15.0 Å². The molecule has 1 aromatic carbocycles. The SMILES string of the molecule is CCCCCCCCC(=O)c1ccc(O)c(C)c1O. The first kappa shape index (κ1) is 15.5. The van der Waals surface area contributed by atoms with Crippen molar-refractivity contribution in [1.82, 2.24) is 0 Å². The van der Waals surface area contributed by atoms with Crippen molar-refractivity contribution in [1.29, 1.82) is 0 Å². The topological polar surface area (TPSA) is 57.5 Å². The average molecular weight is 264 g/mol. The number of hydrogen-bond donors (Lipinski definition) is 2. The van der Waals surface area contributed by atoms with Crippen LogP contribution in [-0.4, -0.2) is 16.0 Å². The molecule has 0 aliphatic carbocycles. The summed E-state index contributed by atoms with van der Waals surface area (Å²) in [4.78, 5) is 12.0. The molecule has 106 valence electrons. The number of carbonyl (C=O) groups is 1. The van der Waals surface area contributed by atoms with Gasteiger partial charge in [-0.2, -0.15) is 0 Å². The van der Waals surface area contributed by atoms with Crippen LogP contribution in [0.2, 0.25) is 0 Å². The van der Waals surface area contributed by atoms with Crippen molar-refractivity contribution in [3.63, 3.8) is 0 Å². The van der Waals surface area contributed by atoms with Crippen molar-refractivity contribution < 1.29 is 15.0 Å². The molecule has 0 unspecified atom stereocenters. The number of aromatic hydroxyl groups is 2. The third-order valence-electron chi connectivity index (χ3n) is 3.46. The predicted molar refractivity (Wildman–Crippen MR) is 76.8 cm³/mol. The second kappa shape index (κ2) is 7.82. The van der Waals surface area contributed by atoms with Crippen molar-refractivity contribution in [2.75, 3.05) is 0 Å². The molecule has 0 fully saturated rings. The van der Waals surface area contributed by atoms with E-state index >= 15 is 0 Å². The average Bonchev–Trinajstić information content (AvgIpc) is 2.40. The third-order valence-corrected chi connectivity index (χ3v) is 3.46. The maximum Gasteiger partial charge on any atom is 0.166 e. The lowest BCUT2D eigenvalue weighted by Crippen LogP contribution is -2.00. The molecule has 3 nitrogen and oxygen atoms in total. The van der Waals surface area contributed by atoms with Gasteiger partial charge in [-0.15, -0.1) is 0 Å². The highest BCUT2D eigenvalue weighted by molar-refractivity contribution is 5.99. The van der Waals surface area contributed by atoms with Crippen molar-refractivity contribution in [3.05, 3.63) is 23.3 Å². The van der Waals surface area contributed by atoms with E-state index in [1.807, 2.05) is 0 Å². The Morgan fingerprint density at radius 3 is 2.37 bits per heavy atom. The molecule has 0 aliphatic heterocycles. The van der Waals surface area contributed by atoms with Gasteiger partial charge in [0.05, 0.1) is 5.56 Å². The van der Waals surface area contributed by atoms with Gasteiger partial charge in [0, 0.05) is 12.0 Å². The molecular formula is C16H24O3. The molecule has 0 radical (unpaired) electrons. The first-order chi connectivity index (χ1) is 9.07. The monoisotopic (exact) mass is 264 g/mol. The molecule has 0 bridgehead atoms. The number of phenols is 2. The Morgan fingerprint density at radius 1 is 1.05 bits per heavy atom. The summed E-state index contributed by atoms with van der Waals surface area (Å²) in [6, 6.07) is 2.96. The van der Waals surface area contributed by atoms with E-state index < -0.39 is 0 Å². The van der Waals surface area contributed by atoms with Gasteiger partial charge < -0.3 is 10.2 Å². The Labute approximate surface area is 115 Å². The third kappa shape index (κ3) is 4.58. The van der Waals surface area contributed by atoms with Crippen LogP contribution in [0.1, 0.15) is 67.8 Å². The van der Waals surface area contributed by atoms with E-state index in [1.54, 1.807) is 6.92 Å². The summed E-state index contributed by atoms with van der Waals surface area (Å²) >= 11 is 0. The zero-order chi connectivity index (χ0) is 14.3. The Hall–Kier alpha value is -1.51. The molecule has 3 heteroatoms. The van der Waals surface area contributed by atoms with Gasteiger partial charge in [0.2, 0.25) is 0 Å². The number of unbranched alkanes of at least 4 members (excludes halogenated alkanes) is 5. The lowest BCUT2D eigenvalue weighted by atomic mass is 10.0. The van der Waals surface area contributed by atoms with Crippen LogP contribution in [0.25, 0.3) is 0 Å². The molecule has 0 saturated heterocycles. The van der Waals surface area contributed by atoms with E-state index in [4.69, 9.17) is 0 Å². The zero-order valence-electron chi connectivity index (χ0n) is 11.9. The number of rotatable bonds is 8. The van der Waals surface area contributed by atoms with Crippen molar-refractivity contribution >= 4 is 5.78 Å². The van der Waals surface area contributed by atoms with Crippen molar-refractivity contribution in [2.45, 2.75) is 58.8 Å². The summed E-state index contributed by atoms with van der Waals surface area (Å²) < 4.78 is 0. The Kier molecular flexibility index (Phi) is 6.40. The second-order valence-corrected chi connectivity index (χ2v) is 5.05. The van der Waals surface area contributed by atoms with Crippen LogP contribution >= 0.6 is 0 Å². The van der Waals surface area contributed by atoms with E-state index in [0.717, 1.165) is 12.8 Å². The lowest BCUT2D eigenvalue weighted by Gasteiger charge is -2.08. The van der Waals surface area contributed by atoms with Gasteiger partial charge in [-0.3, -0.25) is 4.79 Å². The van der Waals surface area contributed by atoms with Crippen LogP contribution in [0.15, 0.2) is 12.1 Å². The number of hydrogen-bond acceptors (Lipinski definition) is 3. The number of carbonyl (C=O) groups excluding carboxylic acids is 1. The van der Waals surface area contributed by atoms with Crippen molar-refractivity contribution in [2.24, 2.45) is 0 Å². The Morgan fingerprint density at radius 2 is 1.68 bits per heavy atom. The fourth-order valence-corrected chi connectivity index (χ4v) is 2.12. The van der Waals surface area contributed by atoms with Gasteiger partial charge in [-0.05, 0) is 25.5 Å². The smallest absolute Gasteiger partial charge is 0.166 e. The number of ketones is 1. The molecule has 0 amide bonds. The highest BCUT2D eigenvalue weighted by atomic mass is 16.3. The summed E-state index contributed by atoms with van der Waals surface area (Å²) in [6.45, 7) is 3.78. The lowest BCUT2D eigenvalue weighted by molar-refractivity contribution is 0.0976. The standard InChI is InChI=1S/C16H24O3/c1-3-4-5-6-7-8-9-15(18)13-10-11-14(17)12(2)16(13)19/h10-11,17,19H,3-9H2,1-2H3. The van der Waals surface area contributed by atoms with E-state index in [2.05, 4.69) is 6.92 Å². The predicted octanol–water partition coefficient (Wildman–Crippen LogP) is 4.34. The van der Waals surface area contributed by atoms with Crippen LogP contribution in [0.3, 0.4) is 0 Å². The maximum atomic E-state index is 12.0. The van der Waals surface area contributed by atoms with Crippen LogP contribution in [0.5, 0.6) is 11.5 Å². The van der Waals surface area contributed by atoms with Gasteiger partial charge in [0.1, 0.15) is 11.5 Å². The summed E-state index contributed by atoms with van der Waals surface area (Å²) in [7, 11) is 0. The normalized spacial score (nSPS) is 10.6. The van der Waals surface area contributed by atoms with Crippen LogP contribution in [-0.2, 0) is 0 Å². The fraction of sp³-hybridized carbons (Fsp3) is 0.562. The summed E-state index contributed by atoms with van der Waals surface area (Å²) in [6.07, 6.45) is 7.26. The van der Waals surface area contributed by atoms with E-state index in [1.165, 1.54) is 37.8 Å². The Balaban J connectivity index is 2.44. The van der Waals surface area contributed by atoms with E-state index in [-0.39, 0.29) is 17.3 Å². The van der Waals surface area contributed by atoms with Crippen molar-refractivity contribution in [3.8, 4) is 11.5 Å². The van der Waals surface area contributed by atoms with E-state index in [0.29, 0.717) is 17.5 Å². The van der Waals surface area contributed by atoms with Crippen LogP contribution in [0, 0.1) is 6.92 Å². The van der Waals surface area contributed by atoms with Gasteiger partial charge in [-0.25, -0.2) is 0 Å². The number of benzene rings is 1. The molecule has 2 N–H and O–H groups in total. The molecular weight excluding hydrogens is 240 g/mol. The molecule has 1 rings (SSSR count). The largest absolute Gasteiger partial charge is 0.508 e. The summed E-state index contributed by atoms with van der Waals surface area (Å²) in [5.41, 5.74) is 0.692. The highest BCUT2D eigenvalue weighted by Gasteiger charge is 2.14. The van der Waals surface area contributed by atoms with Gasteiger partial charge in [-0.1, -0.05) is 39.0 Å². The summed E-state index contributed by atoms with van der Waals surface area (Å²) in [5.74, 6) is -0.110. The van der Waals surface area contributed by atoms with Crippen LogP contribution < -0.4 is 0 Å². The number of phenolic OH excluding ortho intramolecular Hbond substituents is 2. The van der Waals surface area contributed by atoms with Crippen LogP contribution in [0.4, 0.5) is 0 Å².